The summed E-state index contributed by atoms with van der Waals surface area (Å²) in [6.45, 7) is 0.231. The minimum absolute atomic E-state index is 0.0129. The van der Waals surface area contributed by atoms with Gasteiger partial charge in [0.25, 0.3) is 10.0 Å². The first-order chi connectivity index (χ1) is 14.9. The van der Waals surface area contributed by atoms with E-state index in [2.05, 4.69) is 10.3 Å². The average Bonchev–Trinajstić information content (AvgIpc) is 2.78. The standard InChI is InChI=1S/C22H20ClN3O4S/c23-17-8-10-20(11-9-17)31(28,29)26-15-19(13-16-5-1-2-7-21(16)26)30-22(27)25-14-18-6-3-4-12-24-18/h1-12,19H,13-15H2,(H,25,27). The maximum Gasteiger partial charge on any atom is 0.407 e. The number of anilines is 1. The van der Waals surface area contributed by atoms with E-state index < -0.39 is 22.2 Å². The molecule has 0 fully saturated rings. The van der Waals surface area contributed by atoms with Crippen molar-refractivity contribution in [2.45, 2.75) is 24.0 Å². The Labute approximate surface area is 185 Å². The Balaban J connectivity index is 1.53. The number of para-hydroxylation sites is 1. The zero-order valence-electron chi connectivity index (χ0n) is 16.4. The summed E-state index contributed by atoms with van der Waals surface area (Å²) in [5, 5.41) is 3.10. The third-order valence-electron chi connectivity index (χ3n) is 4.89. The van der Waals surface area contributed by atoms with E-state index in [4.69, 9.17) is 16.3 Å². The summed E-state index contributed by atoms with van der Waals surface area (Å²) < 4.78 is 33.5. The number of aromatic nitrogens is 1. The first-order valence-corrected chi connectivity index (χ1v) is 11.5. The van der Waals surface area contributed by atoms with Gasteiger partial charge in [-0.15, -0.1) is 0 Å². The van der Waals surface area contributed by atoms with Gasteiger partial charge in [0, 0.05) is 17.6 Å². The van der Waals surface area contributed by atoms with Crippen LogP contribution >= 0.6 is 11.6 Å². The molecule has 4 rings (SSSR count). The van der Waals surface area contributed by atoms with Crippen LogP contribution in [0.3, 0.4) is 0 Å². The lowest BCUT2D eigenvalue weighted by Crippen LogP contribution is -2.45. The number of carbonyl (C=O) groups is 1. The van der Waals surface area contributed by atoms with Crippen LogP contribution in [0, 0.1) is 0 Å². The van der Waals surface area contributed by atoms with E-state index in [-0.39, 0.29) is 18.0 Å². The third kappa shape index (κ3) is 4.81. The smallest absolute Gasteiger partial charge is 0.407 e. The van der Waals surface area contributed by atoms with Gasteiger partial charge in [0.15, 0.2) is 0 Å². The second-order valence-corrected chi connectivity index (χ2v) is 9.32. The Bertz CT molecular complexity index is 1170. The number of nitrogens with zero attached hydrogens (tertiary/aromatic N) is 2. The predicted octanol–water partition coefficient (Wildman–Crippen LogP) is 3.78. The minimum atomic E-state index is -3.86. The maximum absolute atomic E-state index is 13.3. The molecule has 2 heterocycles. The number of ether oxygens (including phenoxy) is 1. The predicted molar refractivity (Wildman–Crippen MR) is 117 cm³/mol. The van der Waals surface area contributed by atoms with E-state index >= 15 is 0 Å². The van der Waals surface area contributed by atoms with Crippen LogP contribution in [0.15, 0.2) is 77.8 Å². The molecule has 0 radical (unpaired) electrons. The average molecular weight is 458 g/mol. The van der Waals surface area contributed by atoms with E-state index in [1.807, 2.05) is 18.2 Å². The van der Waals surface area contributed by atoms with Crippen LogP contribution in [-0.2, 0) is 27.7 Å². The van der Waals surface area contributed by atoms with Gasteiger partial charge >= 0.3 is 6.09 Å². The number of halogens is 1. The van der Waals surface area contributed by atoms with Crippen molar-refractivity contribution in [1.82, 2.24) is 10.3 Å². The van der Waals surface area contributed by atoms with E-state index in [0.29, 0.717) is 22.8 Å². The molecule has 1 aliphatic heterocycles. The Hall–Kier alpha value is -3.10. The summed E-state index contributed by atoms with van der Waals surface area (Å²) in [7, 11) is -3.86. The molecule has 2 aromatic carbocycles. The zero-order chi connectivity index (χ0) is 21.8. The minimum Gasteiger partial charge on any atom is -0.444 e. The van der Waals surface area contributed by atoms with Crippen LogP contribution < -0.4 is 9.62 Å². The fraction of sp³-hybridized carbons (Fsp3) is 0.182. The zero-order valence-corrected chi connectivity index (χ0v) is 18.0. The number of fused-ring (bicyclic) bond motifs is 1. The molecule has 7 nitrogen and oxygen atoms in total. The first-order valence-electron chi connectivity index (χ1n) is 9.64. The molecule has 1 aliphatic rings. The van der Waals surface area contributed by atoms with Crippen LogP contribution in [0.1, 0.15) is 11.3 Å². The van der Waals surface area contributed by atoms with Crippen molar-refractivity contribution in [3.63, 3.8) is 0 Å². The highest BCUT2D eigenvalue weighted by molar-refractivity contribution is 7.92. The number of nitrogens with one attached hydrogen (secondary N) is 1. The van der Waals surface area contributed by atoms with Gasteiger partial charge in [-0.25, -0.2) is 13.2 Å². The molecule has 0 aliphatic carbocycles. The monoisotopic (exact) mass is 457 g/mol. The number of rotatable bonds is 5. The van der Waals surface area contributed by atoms with Crippen LogP contribution in [0.2, 0.25) is 5.02 Å². The Morgan fingerprint density at radius 3 is 2.58 bits per heavy atom. The number of sulfonamides is 1. The molecule has 0 spiro atoms. The molecule has 0 saturated heterocycles. The summed E-state index contributed by atoms with van der Waals surface area (Å²) >= 11 is 5.91. The summed E-state index contributed by atoms with van der Waals surface area (Å²) in [6.07, 6.45) is 0.791. The summed E-state index contributed by atoms with van der Waals surface area (Å²) in [6, 6.07) is 18.6. The highest BCUT2D eigenvalue weighted by atomic mass is 35.5. The Morgan fingerprint density at radius 1 is 1.10 bits per heavy atom. The lowest BCUT2D eigenvalue weighted by molar-refractivity contribution is 0.0996. The molecular weight excluding hydrogens is 438 g/mol. The van der Waals surface area contributed by atoms with E-state index in [1.54, 1.807) is 30.5 Å². The number of pyridine rings is 1. The van der Waals surface area contributed by atoms with E-state index in [9.17, 15) is 13.2 Å². The Kier molecular flexibility index (Phi) is 6.11. The molecule has 1 atom stereocenters. The number of hydrogen-bond acceptors (Lipinski definition) is 5. The van der Waals surface area contributed by atoms with Gasteiger partial charge in [0.1, 0.15) is 6.10 Å². The van der Waals surface area contributed by atoms with Gasteiger partial charge in [-0.2, -0.15) is 0 Å². The Morgan fingerprint density at radius 2 is 1.84 bits per heavy atom. The number of alkyl carbamates (subject to hydrolysis) is 1. The fourth-order valence-electron chi connectivity index (χ4n) is 3.42. The highest BCUT2D eigenvalue weighted by Gasteiger charge is 2.34. The van der Waals surface area contributed by atoms with Gasteiger partial charge in [0.05, 0.1) is 29.4 Å². The quantitative estimate of drug-likeness (QED) is 0.629. The van der Waals surface area contributed by atoms with Crippen LogP contribution in [-0.4, -0.2) is 32.1 Å². The van der Waals surface area contributed by atoms with Crippen molar-refractivity contribution in [2.75, 3.05) is 10.8 Å². The van der Waals surface area contributed by atoms with Gasteiger partial charge in [0.2, 0.25) is 0 Å². The van der Waals surface area contributed by atoms with Crippen molar-refractivity contribution < 1.29 is 17.9 Å². The summed E-state index contributed by atoms with van der Waals surface area (Å²) in [4.78, 5) is 16.6. The molecular formula is C22H20ClN3O4S. The molecule has 31 heavy (non-hydrogen) atoms. The van der Waals surface area contributed by atoms with Crippen molar-refractivity contribution in [3.05, 3.63) is 89.2 Å². The van der Waals surface area contributed by atoms with Crippen molar-refractivity contribution in [3.8, 4) is 0 Å². The summed E-state index contributed by atoms with van der Waals surface area (Å²) in [5.41, 5.74) is 2.06. The maximum atomic E-state index is 13.3. The summed E-state index contributed by atoms with van der Waals surface area (Å²) in [5.74, 6) is 0. The lowest BCUT2D eigenvalue weighted by Gasteiger charge is -2.34. The SMILES string of the molecule is O=C(NCc1ccccn1)OC1Cc2ccccc2N(S(=O)(=O)c2ccc(Cl)cc2)C1. The number of carbonyl (C=O) groups excluding carboxylic acids is 1. The first kappa shape index (κ1) is 21.1. The molecule has 160 valence electrons. The molecule has 1 unspecified atom stereocenters. The normalized spacial score (nSPS) is 15.8. The van der Waals surface area contributed by atoms with Crippen molar-refractivity contribution >= 4 is 33.4 Å². The molecule has 1 amide bonds. The second kappa shape index (κ2) is 8.95. The van der Waals surface area contributed by atoms with Gasteiger partial charge in [-0.05, 0) is 48.0 Å². The molecule has 0 bridgehead atoms. The van der Waals surface area contributed by atoms with Crippen LogP contribution in [0.4, 0.5) is 10.5 Å². The van der Waals surface area contributed by atoms with E-state index in [0.717, 1.165) is 5.56 Å². The molecule has 1 aromatic heterocycles. The van der Waals surface area contributed by atoms with Crippen molar-refractivity contribution in [1.29, 1.82) is 0 Å². The van der Waals surface area contributed by atoms with Crippen LogP contribution in [0.5, 0.6) is 0 Å². The van der Waals surface area contributed by atoms with Gasteiger partial charge in [-0.3, -0.25) is 9.29 Å². The molecule has 0 saturated carbocycles. The molecule has 1 N–H and O–H groups in total. The lowest BCUT2D eigenvalue weighted by atomic mass is 10.0. The molecule has 3 aromatic rings. The number of amides is 1. The van der Waals surface area contributed by atoms with E-state index in [1.165, 1.54) is 28.6 Å². The van der Waals surface area contributed by atoms with Crippen LogP contribution in [0.25, 0.3) is 0 Å². The highest BCUT2D eigenvalue weighted by Crippen LogP contribution is 2.33. The third-order valence-corrected chi connectivity index (χ3v) is 6.94. The fourth-order valence-corrected chi connectivity index (χ4v) is 5.08. The number of benzene rings is 2. The molecule has 9 heteroatoms. The van der Waals surface area contributed by atoms with Gasteiger partial charge < -0.3 is 10.1 Å². The topological polar surface area (TPSA) is 88.6 Å². The second-order valence-electron chi connectivity index (χ2n) is 7.02. The largest absolute Gasteiger partial charge is 0.444 e. The van der Waals surface area contributed by atoms with Gasteiger partial charge in [-0.1, -0.05) is 35.9 Å². The number of hydrogen-bond donors (Lipinski definition) is 1. The van der Waals surface area contributed by atoms with Crippen molar-refractivity contribution in [2.24, 2.45) is 0 Å².